The van der Waals surface area contributed by atoms with Crippen molar-refractivity contribution in [1.82, 2.24) is 9.80 Å². The third kappa shape index (κ3) is 3.62. The highest BCUT2D eigenvalue weighted by molar-refractivity contribution is 5.80. The number of urea groups is 1. The van der Waals surface area contributed by atoms with Crippen molar-refractivity contribution in [2.24, 2.45) is 11.8 Å². The molecule has 2 amide bonds. The zero-order valence-electron chi connectivity index (χ0n) is 11.7. The molecule has 104 valence electrons. The number of hydrogen-bond acceptors (Lipinski definition) is 2. The van der Waals surface area contributed by atoms with E-state index in [2.05, 4.69) is 13.8 Å². The van der Waals surface area contributed by atoms with E-state index in [0.29, 0.717) is 11.8 Å². The molecule has 1 unspecified atom stereocenters. The van der Waals surface area contributed by atoms with Gasteiger partial charge in [0.2, 0.25) is 0 Å². The van der Waals surface area contributed by atoms with Gasteiger partial charge in [-0.1, -0.05) is 13.8 Å². The molecule has 0 aliphatic carbocycles. The fourth-order valence-electron chi connectivity index (χ4n) is 2.30. The summed E-state index contributed by atoms with van der Waals surface area (Å²) in [4.78, 5) is 26.3. The number of nitrogens with zero attached hydrogens (tertiary/aromatic N) is 2. The Hall–Kier alpha value is -1.26. The second kappa shape index (κ2) is 6.07. The minimum Gasteiger partial charge on any atom is -0.480 e. The van der Waals surface area contributed by atoms with Crippen LogP contribution in [0.3, 0.4) is 0 Å². The van der Waals surface area contributed by atoms with Crippen LogP contribution >= 0.6 is 0 Å². The number of carboxylic acid groups (broad SMARTS) is 1. The Labute approximate surface area is 109 Å². The first-order chi connectivity index (χ1) is 8.32. The zero-order valence-corrected chi connectivity index (χ0v) is 11.7. The van der Waals surface area contributed by atoms with Crippen LogP contribution in [0.4, 0.5) is 4.79 Å². The Balaban J connectivity index is 2.64. The second-order valence-electron chi connectivity index (χ2n) is 5.64. The molecule has 5 heteroatoms. The van der Waals surface area contributed by atoms with Gasteiger partial charge in [0.25, 0.3) is 0 Å². The molecule has 0 aromatic carbocycles. The van der Waals surface area contributed by atoms with Crippen molar-refractivity contribution in [2.45, 2.75) is 40.2 Å². The van der Waals surface area contributed by atoms with Crippen molar-refractivity contribution in [3.63, 3.8) is 0 Å². The smallest absolute Gasteiger partial charge is 0.323 e. The van der Waals surface area contributed by atoms with Crippen molar-refractivity contribution in [3.8, 4) is 0 Å². The lowest BCUT2D eigenvalue weighted by Crippen LogP contribution is -2.47. The first kappa shape index (κ1) is 14.8. The van der Waals surface area contributed by atoms with Crippen LogP contribution in [-0.2, 0) is 4.79 Å². The lowest BCUT2D eigenvalue weighted by molar-refractivity contribution is -0.138. The average Bonchev–Trinajstić information content (AvgIpc) is 2.73. The fourth-order valence-corrected chi connectivity index (χ4v) is 2.30. The number of carbonyl (C=O) groups excluding carboxylic acids is 1. The van der Waals surface area contributed by atoms with E-state index in [1.54, 1.807) is 4.90 Å². The summed E-state index contributed by atoms with van der Waals surface area (Å²) in [5.41, 5.74) is 0. The summed E-state index contributed by atoms with van der Waals surface area (Å²) in [7, 11) is 0. The van der Waals surface area contributed by atoms with Gasteiger partial charge in [-0.3, -0.25) is 4.79 Å². The van der Waals surface area contributed by atoms with Crippen LogP contribution in [0.15, 0.2) is 0 Å². The molecule has 1 aliphatic heterocycles. The van der Waals surface area contributed by atoms with E-state index in [1.165, 1.54) is 4.90 Å². The highest BCUT2D eigenvalue weighted by Crippen LogP contribution is 2.24. The molecule has 0 aromatic heterocycles. The predicted octanol–water partition coefficient (Wildman–Crippen LogP) is 1.88. The largest absolute Gasteiger partial charge is 0.480 e. The standard InChI is InChI=1S/C13H24N2O3/c1-9(2)11-5-6-14(7-11)13(18)15(10(3)4)8-12(16)17/h9-11H,5-8H2,1-4H3,(H,16,17). The molecule has 0 bridgehead atoms. The lowest BCUT2D eigenvalue weighted by atomic mass is 9.95. The van der Waals surface area contributed by atoms with Crippen molar-refractivity contribution >= 4 is 12.0 Å². The third-order valence-electron chi connectivity index (χ3n) is 3.61. The van der Waals surface area contributed by atoms with Crippen LogP contribution in [0.2, 0.25) is 0 Å². The van der Waals surface area contributed by atoms with E-state index in [4.69, 9.17) is 5.11 Å². The Kier molecular flexibility index (Phi) is 4.99. The molecule has 0 saturated carbocycles. The Bertz CT molecular complexity index is 315. The van der Waals surface area contributed by atoms with Crippen LogP contribution in [-0.4, -0.2) is 52.6 Å². The van der Waals surface area contributed by atoms with E-state index in [1.807, 2.05) is 13.8 Å². The van der Waals surface area contributed by atoms with Gasteiger partial charge < -0.3 is 14.9 Å². The first-order valence-corrected chi connectivity index (χ1v) is 6.60. The Morgan fingerprint density at radius 2 is 1.94 bits per heavy atom. The number of likely N-dealkylation sites (tertiary alicyclic amines) is 1. The van der Waals surface area contributed by atoms with Crippen molar-refractivity contribution in [1.29, 1.82) is 0 Å². The van der Waals surface area contributed by atoms with E-state index in [-0.39, 0.29) is 18.6 Å². The summed E-state index contributed by atoms with van der Waals surface area (Å²) in [5.74, 6) is 0.138. The fraction of sp³-hybridized carbons (Fsp3) is 0.846. The number of carboxylic acids is 1. The zero-order chi connectivity index (χ0) is 13.9. The molecule has 1 heterocycles. The Morgan fingerprint density at radius 3 is 2.33 bits per heavy atom. The van der Waals surface area contributed by atoms with Crippen LogP contribution in [0.1, 0.15) is 34.1 Å². The topological polar surface area (TPSA) is 60.9 Å². The van der Waals surface area contributed by atoms with Gasteiger partial charge in [0.05, 0.1) is 0 Å². The van der Waals surface area contributed by atoms with Gasteiger partial charge in [-0.2, -0.15) is 0 Å². The average molecular weight is 256 g/mol. The summed E-state index contributed by atoms with van der Waals surface area (Å²) in [6, 6.07) is -0.234. The summed E-state index contributed by atoms with van der Waals surface area (Å²) in [6.45, 7) is 9.28. The summed E-state index contributed by atoms with van der Waals surface area (Å²) < 4.78 is 0. The van der Waals surface area contributed by atoms with Gasteiger partial charge in [0.1, 0.15) is 6.54 Å². The van der Waals surface area contributed by atoms with Crippen molar-refractivity contribution < 1.29 is 14.7 Å². The quantitative estimate of drug-likeness (QED) is 0.835. The van der Waals surface area contributed by atoms with E-state index in [9.17, 15) is 9.59 Å². The predicted molar refractivity (Wildman–Crippen MR) is 69.4 cm³/mol. The van der Waals surface area contributed by atoms with Gasteiger partial charge in [-0.05, 0) is 32.1 Å². The van der Waals surface area contributed by atoms with Crippen LogP contribution in [0, 0.1) is 11.8 Å². The highest BCUT2D eigenvalue weighted by atomic mass is 16.4. The number of aliphatic carboxylic acids is 1. The van der Waals surface area contributed by atoms with Gasteiger partial charge in [-0.15, -0.1) is 0 Å². The van der Waals surface area contributed by atoms with Crippen LogP contribution < -0.4 is 0 Å². The molecule has 18 heavy (non-hydrogen) atoms. The monoisotopic (exact) mass is 256 g/mol. The van der Waals surface area contributed by atoms with E-state index in [0.717, 1.165) is 19.5 Å². The first-order valence-electron chi connectivity index (χ1n) is 6.60. The summed E-state index contributed by atoms with van der Waals surface area (Å²) >= 11 is 0. The highest BCUT2D eigenvalue weighted by Gasteiger charge is 2.32. The second-order valence-corrected chi connectivity index (χ2v) is 5.64. The molecule has 0 radical (unpaired) electrons. The molecule has 1 fully saturated rings. The molecule has 1 N–H and O–H groups in total. The maximum Gasteiger partial charge on any atom is 0.323 e. The lowest BCUT2D eigenvalue weighted by Gasteiger charge is -2.30. The molecular weight excluding hydrogens is 232 g/mol. The van der Waals surface area contributed by atoms with Crippen LogP contribution in [0.5, 0.6) is 0 Å². The summed E-state index contributed by atoms with van der Waals surface area (Å²) in [6.07, 6.45) is 1.02. The van der Waals surface area contributed by atoms with Crippen molar-refractivity contribution in [2.75, 3.05) is 19.6 Å². The van der Waals surface area contributed by atoms with Gasteiger partial charge in [0.15, 0.2) is 0 Å². The normalized spacial score (nSPS) is 19.7. The number of carbonyl (C=O) groups is 2. The number of amides is 2. The number of rotatable bonds is 4. The van der Waals surface area contributed by atoms with Gasteiger partial charge in [0, 0.05) is 19.1 Å². The molecule has 1 aliphatic rings. The molecule has 1 saturated heterocycles. The Morgan fingerprint density at radius 1 is 1.33 bits per heavy atom. The van der Waals surface area contributed by atoms with E-state index < -0.39 is 5.97 Å². The number of hydrogen-bond donors (Lipinski definition) is 1. The maximum absolute atomic E-state index is 12.3. The van der Waals surface area contributed by atoms with Gasteiger partial charge in [-0.25, -0.2) is 4.79 Å². The minimum atomic E-state index is -0.961. The molecule has 5 nitrogen and oxygen atoms in total. The maximum atomic E-state index is 12.3. The third-order valence-corrected chi connectivity index (χ3v) is 3.61. The minimum absolute atomic E-state index is 0.0910. The molecular formula is C13H24N2O3. The summed E-state index contributed by atoms with van der Waals surface area (Å²) in [5, 5.41) is 8.85. The van der Waals surface area contributed by atoms with Crippen LogP contribution in [0.25, 0.3) is 0 Å². The molecule has 1 rings (SSSR count). The van der Waals surface area contributed by atoms with E-state index >= 15 is 0 Å². The van der Waals surface area contributed by atoms with Crippen molar-refractivity contribution in [3.05, 3.63) is 0 Å². The molecule has 1 atom stereocenters. The van der Waals surface area contributed by atoms with Gasteiger partial charge >= 0.3 is 12.0 Å². The molecule has 0 spiro atoms. The molecule has 0 aromatic rings. The SMILES string of the molecule is CC(C)C1CCN(C(=O)N(CC(=O)O)C(C)C)C1.